The van der Waals surface area contributed by atoms with Crippen molar-refractivity contribution in [3.05, 3.63) is 65.2 Å². The molecule has 2 aromatic rings. The molecular weight excluding hydrogens is 206 g/mol. The second-order valence-electron chi connectivity index (χ2n) is 4.33. The van der Waals surface area contributed by atoms with Gasteiger partial charge >= 0.3 is 0 Å². The quantitative estimate of drug-likeness (QED) is 0.823. The Kier molecular flexibility index (Phi) is 3.81. The van der Waals surface area contributed by atoms with Crippen LogP contribution in [0.3, 0.4) is 0 Å². The van der Waals surface area contributed by atoms with E-state index < -0.39 is 0 Å². The Balaban J connectivity index is 2.04. The van der Waals surface area contributed by atoms with Gasteiger partial charge in [-0.3, -0.25) is 0 Å². The third-order valence-corrected chi connectivity index (χ3v) is 3.07. The second-order valence-corrected chi connectivity index (χ2v) is 4.33. The van der Waals surface area contributed by atoms with Crippen LogP contribution in [0.2, 0.25) is 0 Å². The van der Waals surface area contributed by atoms with Gasteiger partial charge in [-0.05, 0) is 42.2 Å². The zero-order valence-corrected chi connectivity index (χ0v) is 10.5. The summed E-state index contributed by atoms with van der Waals surface area (Å²) in [6.45, 7) is 5.25. The van der Waals surface area contributed by atoms with Crippen LogP contribution >= 0.6 is 0 Å². The van der Waals surface area contributed by atoms with E-state index in [9.17, 15) is 0 Å². The molecule has 0 radical (unpaired) electrons. The Bertz CT molecular complexity index is 474. The maximum atomic E-state index is 3.46. The Hall–Kier alpha value is -1.76. The normalized spacial score (nSPS) is 10.2. The van der Waals surface area contributed by atoms with Crippen molar-refractivity contribution in [2.45, 2.75) is 26.8 Å². The lowest BCUT2D eigenvalue weighted by Gasteiger charge is -2.10. The molecule has 0 bridgehead atoms. The molecule has 88 valence electrons. The fourth-order valence-corrected chi connectivity index (χ4v) is 1.96. The number of nitrogens with one attached hydrogen (secondary N) is 1. The molecule has 0 unspecified atom stereocenters. The summed E-state index contributed by atoms with van der Waals surface area (Å²) in [6, 6.07) is 17.1. The van der Waals surface area contributed by atoms with Crippen LogP contribution in [-0.2, 0) is 13.0 Å². The molecule has 1 nitrogen and oxygen atoms in total. The number of hydrogen-bond acceptors (Lipinski definition) is 1. The maximum Gasteiger partial charge on any atom is 0.0400 e. The molecule has 0 saturated carbocycles. The van der Waals surface area contributed by atoms with Gasteiger partial charge in [0.05, 0.1) is 0 Å². The summed E-state index contributed by atoms with van der Waals surface area (Å²) in [5.41, 5.74) is 5.31. The summed E-state index contributed by atoms with van der Waals surface area (Å²) >= 11 is 0. The Morgan fingerprint density at radius 3 is 2.47 bits per heavy atom. The fraction of sp³-hybridized carbons (Fsp3) is 0.250. The summed E-state index contributed by atoms with van der Waals surface area (Å²) in [4.78, 5) is 0. The van der Waals surface area contributed by atoms with Crippen LogP contribution < -0.4 is 5.32 Å². The van der Waals surface area contributed by atoms with Crippen LogP contribution in [0.15, 0.2) is 48.5 Å². The van der Waals surface area contributed by atoms with Crippen molar-refractivity contribution in [2.75, 3.05) is 5.32 Å². The third-order valence-electron chi connectivity index (χ3n) is 3.07. The van der Waals surface area contributed by atoms with Gasteiger partial charge in [0.25, 0.3) is 0 Å². The fourth-order valence-electron chi connectivity index (χ4n) is 1.96. The summed E-state index contributed by atoms with van der Waals surface area (Å²) in [5.74, 6) is 0. The highest BCUT2D eigenvalue weighted by atomic mass is 14.9. The molecular formula is C16H19N. The molecule has 0 aliphatic heterocycles. The van der Waals surface area contributed by atoms with Crippen molar-refractivity contribution >= 4 is 5.69 Å². The SMILES string of the molecule is CCc1cc(NCc2ccccc2)ccc1C. The average molecular weight is 225 g/mol. The summed E-state index contributed by atoms with van der Waals surface area (Å²) in [6.07, 6.45) is 1.09. The number of rotatable bonds is 4. The van der Waals surface area contributed by atoms with E-state index in [-0.39, 0.29) is 0 Å². The molecule has 1 heteroatoms. The van der Waals surface area contributed by atoms with Gasteiger partial charge in [-0.15, -0.1) is 0 Å². The van der Waals surface area contributed by atoms with E-state index in [1.54, 1.807) is 0 Å². The first kappa shape index (κ1) is 11.7. The predicted octanol–water partition coefficient (Wildman–Crippen LogP) is 4.17. The number of benzene rings is 2. The van der Waals surface area contributed by atoms with E-state index in [0.29, 0.717) is 0 Å². The highest BCUT2D eigenvalue weighted by Gasteiger charge is 1.98. The van der Waals surface area contributed by atoms with Gasteiger partial charge in [0, 0.05) is 12.2 Å². The lowest BCUT2D eigenvalue weighted by atomic mass is 10.1. The highest BCUT2D eigenvalue weighted by Crippen LogP contribution is 2.16. The summed E-state index contributed by atoms with van der Waals surface area (Å²) in [5, 5.41) is 3.46. The lowest BCUT2D eigenvalue weighted by Crippen LogP contribution is -2.00. The van der Waals surface area contributed by atoms with Gasteiger partial charge in [-0.25, -0.2) is 0 Å². The lowest BCUT2D eigenvalue weighted by molar-refractivity contribution is 1.09. The van der Waals surface area contributed by atoms with Crippen LogP contribution in [0.5, 0.6) is 0 Å². The van der Waals surface area contributed by atoms with Crippen LogP contribution in [0.4, 0.5) is 5.69 Å². The van der Waals surface area contributed by atoms with Crippen molar-refractivity contribution in [1.82, 2.24) is 0 Å². The van der Waals surface area contributed by atoms with E-state index in [4.69, 9.17) is 0 Å². The first-order valence-electron chi connectivity index (χ1n) is 6.17. The molecule has 0 aromatic heterocycles. The largest absolute Gasteiger partial charge is 0.381 e. The molecule has 0 aliphatic carbocycles. The molecule has 0 saturated heterocycles. The molecule has 2 rings (SSSR count). The van der Waals surface area contributed by atoms with Crippen molar-refractivity contribution in [1.29, 1.82) is 0 Å². The van der Waals surface area contributed by atoms with Crippen molar-refractivity contribution in [2.24, 2.45) is 0 Å². The summed E-state index contributed by atoms with van der Waals surface area (Å²) in [7, 11) is 0. The van der Waals surface area contributed by atoms with Crippen LogP contribution in [0.1, 0.15) is 23.6 Å². The zero-order valence-electron chi connectivity index (χ0n) is 10.5. The highest BCUT2D eigenvalue weighted by molar-refractivity contribution is 5.48. The minimum atomic E-state index is 0.882. The smallest absolute Gasteiger partial charge is 0.0400 e. The standard InChI is InChI=1S/C16H19N/c1-3-15-11-16(10-9-13(15)2)17-12-14-7-5-4-6-8-14/h4-11,17H,3,12H2,1-2H3. The number of hydrogen-bond donors (Lipinski definition) is 1. The van der Waals surface area contributed by atoms with Crippen molar-refractivity contribution in [3.8, 4) is 0 Å². The molecule has 1 N–H and O–H groups in total. The van der Waals surface area contributed by atoms with Crippen LogP contribution in [0.25, 0.3) is 0 Å². The van der Waals surface area contributed by atoms with Crippen LogP contribution in [-0.4, -0.2) is 0 Å². The van der Waals surface area contributed by atoms with E-state index in [1.807, 2.05) is 6.07 Å². The van der Waals surface area contributed by atoms with Gasteiger partial charge in [0.2, 0.25) is 0 Å². The van der Waals surface area contributed by atoms with Gasteiger partial charge in [0.1, 0.15) is 0 Å². The molecule has 0 heterocycles. The van der Waals surface area contributed by atoms with Crippen LogP contribution in [0, 0.1) is 6.92 Å². The molecule has 0 fully saturated rings. The van der Waals surface area contributed by atoms with Gasteiger partial charge in [-0.1, -0.05) is 43.3 Å². The first-order chi connectivity index (χ1) is 8.29. The predicted molar refractivity (Wildman–Crippen MR) is 74.3 cm³/mol. The molecule has 2 aromatic carbocycles. The van der Waals surface area contributed by atoms with Gasteiger partial charge < -0.3 is 5.32 Å². The monoisotopic (exact) mass is 225 g/mol. The van der Waals surface area contributed by atoms with E-state index >= 15 is 0 Å². The van der Waals surface area contributed by atoms with Crippen molar-refractivity contribution in [3.63, 3.8) is 0 Å². The molecule has 0 aliphatic rings. The summed E-state index contributed by atoms with van der Waals surface area (Å²) < 4.78 is 0. The molecule has 0 atom stereocenters. The number of aryl methyl sites for hydroxylation is 2. The van der Waals surface area contributed by atoms with Crippen molar-refractivity contribution < 1.29 is 0 Å². The minimum absolute atomic E-state index is 0.882. The second kappa shape index (κ2) is 5.53. The van der Waals surface area contributed by atoms with E-state index in [1.165, 1.54) is 22.4 Å². The molecule has 0 amide bonds. The first-order valence-corrected chi connectivity index (χ1v) is 6.17. The Morgan fingerprint density at radius 1 is 1.00 bits per heavy atom. The zero-order chi connectivity index (χ0) is 12.1. The number of anilines is 1. The van der Waals surface area contributed by atoms with E-state index in [0.717, 1.165) is 13.0 Å². The maximum absolute atomic E-state index is 3.46. The minimum Gasteiger partial charge on any atom is -0.381 e. The Labute approximate surface area is 103 Å². The van der Waals surface area contributed by atoms with Gasteiger partial charge in [0.15, 0.2) is 0 Å². The Morgan fingerprint density at radius 2 is 1.76 bits per heavy atom. The van der Waals surface area contributed by atoms with Gasteiger partial charge in [-0.2, -0.15) is 0 Å². The third kappa shape index (κ3) is 3.10. The molecule has 0 spiro atoms. The van der Waals surface area contributed by atoms with E-state index in [2.05, 4.69) is 61.6 Å². The topological polar surface area (TPSA) is 12.0 Å². The average Bonchev–Trinajstić information content (AvgIpc) is 2.39. The molecule has 17 heavy (non-hydrogen) atoms.